The molecule has 3 saturated heterocycles. The fourth-order valence-corrected chi connectivity index (χ4v) is 11.8. The van der Waals surface area contributed by atoms with Crippen LogP contribution >= 0.6 is 0 Å². The molecule has 3 fully saturated rings. The van der Waals surface area contributed by atoms with Crippen molar-refractivity contribution < 1.29 is 40.8 Å². The van der Waals surface area contributed by atoms with Gasteiger partial charge in [-0.05, 0) is 29.3 Å². The van der Waals surface area contributed by atoms with Crippen molar-refractivity contribution >= 4 is 35.1 Å². The SMILES string of the molecule is COC(=O)N1[C@@]2(COS1(=O)=O)O[C@H](CO[Si](c1ccccc1)(c1ccccc1)C(C)(C)C)C1OC(C)(C)OC12. The first kappa shape index (κ1) is 28.2. The molecule has 0 N–H and O–H groups in total. The zero-order valence-electron chi connectivity index (χ0n) is 22.9. The lowest BCUT2D eigenvalue weighted by Gasteiger charge is -2.43. The maximum atomic E-state index is 12.8. The van der Waals surface area contributed by atoms with Gasteiger partial charge in [0.15, 0.2) is 5.79 Å². The zero-order chi connectivity index (χ0) is 28.3. The van der Waals surface area contributed by atoms with E-state index in [0.717, 1.165) is 17.5 Å². The van der Waals surface area contributed by atoms with Gasteiger partial charge in [-0.15, -0.1) is 4.31 Å². The normalized spacial score (nSPS) is 29.5. The average molecular weight is 578 g/mol. The minimum absolute atomic E-state index is 0.0602. The Kier molecular flexibility index (Phi) is 6.98. The van der Waals surface area contributed by atoms with Gasteiger partial charge in [0.1, 0.15) is 24.9 Å². The molecule has 1 spiro atoms. The van der Waals surface area contributed by atoms with Crippen LogP contribution in [-0.2, 0) is 37.9 Å². The maximum absolute atomic E-state index is 12.8. The predicted octanol–water partition coefficient (Wildman–Crippen LogP) is 2.52. The summed E-state index contributed by atoms with van der Waals surface area (Å²) in [5, 5.41) is 1.87. The van der Waals surface area contributed by atoms with Crippen LogP contribution in [0.4, 0.5) is 4.79 Å². The van der Waals surface area contributed by atoms with Crippen LogP contribution in [-0.4, -0.2) is 77.3 Å². The van der Waals surface area contributed by atoms with Crippen molar-refractivity contribution in [3.05, 3.63) is 60.7 Å². The van der Waals surface area contributed by atoms with Gasteiger partial charge in [0.2, 0.25) is 5.72 Å². The molecule has 3 aliphatic heterocycles. The molecule has 2 aromatic rings. The van der Waals surface area contributed by atoms with Crippen molar-refractivity contribution in [3.8, 4) is 0 Å². The van der Waals surface area contributed by atoms with E-state index in [4.69, 9.17) is 27.6 Å². The molecule has 3 aliphatic rings. The number of rotatable bonds is 5. The number of ether oxygens (including phenoxy) is 4. The van der Waals surface area contributed by atoms with Gasteiger partial charge < -0.3 is 23.4 Å². The summed E-state index contributed by atoms with van der Waals surface area (Å²) < 4.78 is 61.8. The second-order valence-corrected chi connectivity index (χ2v) is 17.2. The van der Waals surface area contributed by atoms with E-state index in [1.165, 1.54) is 0 Å². The number of hydrogen-bond acceptors (Lipinski definition) is 9. The van der Waals surface area contributed by atoms with E-state index < -0.39 is 61.1 Å². The third-order valence-electron chi connectivity index (χ3n) is 7.50. The molecule has 0 bridgehead atoms. The summed E-state index contributed by atoms with van der Waals surface area (Å²) in [5.74, 6) is -1.06. The topological polar surface area (TPSA) is 110 Å². The van der Waals surface area contributed by atoms with Gasteiger partial charge in [-0.1, -0.05) is 81.4 Å². The highest BCUT2D eigenvalue weighted by Gasteiger charge is 2.72. The van der Waals surface area contributed by atoms with Gasteiger partial charge in [0.05, 0.1) is 13.7 Å². The lowest BCUT2D eigenvalue weighted by molar-refractivity contribution is -0.229. The number of carbonyl (C=O) groups excluding carboxylic acids is 1. The van der Waals surface area contributed by atoms with E-state index in [-0.39, 0.29) is 11.6 Å². The molecular formula is C27H35NO9SSi. The summed E-state index contributed by atoms with van der Waals surface area (Å²) in [6.07, 6.45) is -3.60. The standard InChI is InChI=1S/C27H35NO9SSi/c1-25(2,3)39(19-13-9-7-10-14-19,20-15-11-8-12-16-20)34-17-21-22-23(37-26(4,5)36-22)27(35-21)18-33-38(30,31)28(27)24(29)32-6/h7-16,21-23H,17-18H2,1-6H3/t21-,22?,23?,27+/m1/s1. The molecule has 12 heteroatoms. The highest BCUT2D eigenvalue weighted by atomic mass is 32.2. The van der Waals surface area contributed by atoms with Crippen LogP contribution in [0.15, 0.2) is 60.7 Å². The van der Waals surface area contributed by atoms with Gasteiger partial charge in [-0.3, -0.25) is 0 Å². The summed E-state index contributed by atoms with van der Waals surface area (Å²) in [6.45, 7) is 9.54. The lowest BCUT2D eigenvalue weighted by Crippen LogP contribution is -2.67. The van der Waals surface area contributed by atoms with Crippen molar-refractivity contribution in [1.29, 1.82) is 0 Å². The Hall–Kier alpha value is -2.32. The molecule has 10 nitrogen and oxygen atoms in total. The largest absolute Gasteiger partial charge is 0.452 e. The molecule has 2 unspecified atom stereocenters. The number of nitrogens with zero attached hydrogens (tertiary/aromatic N) is 1. The molecule has 0 aliphatic carbocycles. The Morgan fingerprint density at radius 2 is 1.56 bits per heavy atom. The van der Waals surface area contributed by atoms with Crippen LogP contribution in [0.25, 0.3) is 0 Å². The van der Waals surface area contributed by atoms with Crippen molar-refractivity contribution in [2.45, 2.75) is 69.5 Å². The van der Waals surface area contributed by atoms with Crippen molar-refractivity contribution in [1.82, 2.24) is 4.31 Å². The molecule has 0 saturated carbocycles. The second kappa shape index (κ2) is 9.65. The van der Waals surface area contributed by atoms with E-state index in [1.807, 2.05) is 36.4 Å². The first-order valence-corrected chi connectivity index (χ1v) is 16.1. The Labute approximate surface area is 230 Å². The number of amides is 1. The number of hydrogen-bond donors (Lipinski definition) is 0. The van der Waals surface area contributed by atoms with Crippen molar-refractivity contribution in [2.75, 3.05) is 20.3 Å². The Bertz CT molecular complexity index is 1280. The van der Waals surface area contributed by atoms with E-state index in [9.17, 15) is 13.2 Å². The van der Waals surface area contributed by atoms with E-state index >= 15 is 0 Å². The van der Waals surface area contributed by atoms with Crippen molar-refractivity contribution in [2.24, 2.45) is 0 Å². The average Bonchev–Trinajstić information content (AvgIpc) is 3.46. The summed E-state index contributed by atoms with van der Waals surface area (Å²) in [5.41, 5.74) is -1.80. The van der Waals surface area contributed by atoms with E-state index in [0.29, 0.717) is 4.31 Å². The molecule has 0 radical (unpaired) electrons. The first-order chi connectivity index (χ1) is 18.3. The molecule has 0 aromatic heterocycles. The maximum Gasteiger partial charge on any atom is 0.427 e. The molecule has 1 amide bonds. The number of carbonyl (C=O) groups is 1. The van der Waals surface area contributed by atoms with Gasteiger partial charge in [0.25, 0.3) is 8.32 Å². The number of fused-ring (bicyclic) bond motifs is 2. The fourth-order valence-electron chi connectivity index (χ4n) is 5.97. The first-order valence-electron chi connectivity index (χ1n) is 12.8. The molecule has 2 aromatic carbocycles. The number of methoxy groups -OCH3 is 1. The van der Waals surface area contributed by atoms with Gasteiger partial charge in [-0.25, -0.2) is 8.98 Å². The lowest BCUT2D eigenvalue weighted by atomic mass is 10.0. The zero-order valence-corrected chi connectivity index (χ0v) is 24.8. The minimum Gasteiger partial charge on any atom is -0.452 e. The quantitative estimate of drug-likeness (QED) is 0.495. The van der Waals surface area contributed by atoms with Crippen LogP contribution in [0.1, 0.15) is 34.6 Å². The molecule has 39 heavy (non-hydrogen) atoms. The van der Waals surface area contributed by atoms with Crippen molar-refractivity contribution in [3.63, 3.8) is 0 Å². The summed E-state index contributed by atoms with van der Waals surface area (Å²) in [6, 6.07) is 20.3. The van der Waals surface area contributed by atoms with Crippen LogP contribution < -0.4 is 10.4 Å². The summed E-state index contributed by atoms with van der Waals surface area (Å²) >= 11 is 0. The van der Waals surface area contributed by atoms with Gasteiger partial charge in [0, 0.05) is 0 Å². The Morgan fingerprint density at radius 1 is 1.00 bits per heavy atom. The van der Waals surface area contributed by atoms with Gasteiger partial charge in [-0.2, -0.15) is 8.42 Å². The monoisotopic (exact) mass is 577 g/mol. The Morgan fingerprint density at radius 3 is 2.08 bits per heavy atom. The van der Waals surface area contributed by atoms with E-state index in [1.54, 1.807) is 13.8 Å². The van der Waals surface area contributed by atoms with Crippen LogP contribution in [0, 0.1) is 0 Å². The highest BCUT2D eigenvalue weighted by Crippen LogP contribution is 2.50. The molecule has 4 atom stereocenters. The molecule has 212 valence electrons. The second-order valence-electron chi connectivity index (χ2n) is 11.5. The third-order valence-corrected chi connectivity index (χ3v) is 13.8. The summed E-state index contributed by atoms with van der Waals surface area (Å²) in [4.78, 5) is 12.7. The molecular weight excluding hydrogens is 542 g/mol. The minimum atomic E-state index is -4.48. The Balaban J connectivity index is 1.56. The van der Waals surface area contributed by atoms with Crippen LogP contribution in [0.5, 0.6) is 0 Å². The number of benzene rings is 2. The molecule has 3 heterocycles. The summed E-state index contributed by atoms with van der Waals surface area (Å²) in [7, 11) is -6.34. The predicted molar refractivity (Wildman–Crippen MR) is 144 cm³/mol. The third kappa shape index (κ3) is 4.51. The van der Waals surface area contributed by atoms with Crippen LogP contribution in [0.3, 0.4) is 0 Å². The van der Waals surface area contributed by atoms with Gasteiger partial charge >= 0.3 is 16.4 Å². The highest BCUT2D eigenvalue weighted by molar-refractivity contribution is 7.85. The smallest absolute Gasteiger partial charge is 0.427 e. The van der Waals surface area contributed by atoms with Crippen LogP contribution in [0.2, 0.25) is 5.04 Å². The van der Waals surface area contributed by atoms with E-state index in [2.05, 4.69) is 45.0 Å². The fraction of sp³-hybridized carbons (Fsp3) is 0.519. The molecule has 5 rings (SSSR count).